The number of hydrogen-bond donors (Lipinski definition) is 2. The first-order chi connectivity index (χ1) is 8.57. The van der Waals surface area contributed by atoms with E-state index < -0.39 is 26.6 Å². The second-order valence-corrected chi connectivity index (χ2v) is 6.45. The van der Waals surface area contributed by atoms with Crippen molar-refractivity contribution < 1.29 is 21.6 Å². The third-order valence-electron chi connectivity index (χ3n) is 2.89. The smallest absolute Gasteiger partial charge is 0.398 e. The van der Waals surface area contributed by atoms with Gasteiger partial charge in [0, 0.05) is 5.02 Å². The van der Waals surface area contributed by atoms with Gasteiger partial charge in [-0.15, -0.1) is 0 Å². The number of sulfonamides is 1. The molecule has 0 aliphatic heterocycles. The molecule has 0 bridgehead atoms. The molecule has 9 heteroatoms. The van der Waals surface area contributed by atoms with Crippen LogP contribution in [0.1, 0.15) is 12.8 Å². The Labute approximate surface area is 112 Å². The predicted octanol–water partition coefficient (Wildman–Crippen LogP) is 2.30. The minimum absolute atomic E-state index is 0.0754. The summed E-state index contributed by atoms with van der Waals surface area (Å²) in [6.07, 6.45) is -5.19. The molecule has 2 rings (SSSR count). The van der Waals surface area contributed by atoms with E-state index in [9.17, 15) is 21.6 Å². The second kappa shape index (κ2) is 4.26. The van der Waals surface area contributed by atoms with Crippen molar-refractivity contribution in [2.75, 3.05) is 5.73 Å². The van der Waals surface area contributed by atoms with Crippen LogP contribution in [0.25, 0.3) is 0 Å². The van der Waals surface area contributed by atoms with Gasteiger partial charge in [-0.1, -0.05) is 11.6 Å². The Morgan fingerprint density at radius 2 is 1.89 bits per heavy atom. The zero-order chi connectivity index (χ0) is 14.5. The fourth-order valence-corrected chi connectivity index (χ4v) is 3.46. The monoisotopic (exact) mass is 314 g/mol. The lowest BCUT2D eigenvalue weighted by Crippen LogP contribution is -2.47. The lowest BCUT2D eigenvalue weighted by atomic mass is 10.3. The Balaban J connectivity index is 2.37. The van der Waals surface area contributed by atoms with E-state index in [-0.39, 0.29) is 23.6 Å². The molecule has 0 spiro atoms. The fourth-order valence-electron chi connectivity index (χ4n) is 1.62. The van der Waals surface area contributed by atoms with Crippen molar-refractivity contribution in [3.8, 4) is 0 Å². The highest BCUT2D eigenvalue weighted by molar-refractivity contribution is 7.89. The summed E-state index contributed by atoms with van der Waals surface area (Å²) in [6.45, 7) is 0. The van der Waals surface area contributed by atoms with Gasteiger partial charge in [-0.3, -0.25) is 0 Å². The number of nitrogen functional groups attached to an aromatic ring is 1. The minimum Gasteiger partial charge on any atom is -0.398 e. The molecule has 0 heterocycles. The molecule has 1 aliphatic carbocycles. The summed E-state index contributed by atoms with van der Waals surface area (Å²) in [6, 6.07) is 3.60. The van der Waals surface area contributed by atoms with Crippen molar-refractivity contribution >= 4 is 27.3 Å². The van der Waals surface area contributed by atoms with Crippen molar-refractivity contribution in [3.05, 3.63) is 23.2 Å². The number of benzene rings is 1. The first-order valence-electron chi connectivity index (χ1n) is 5.23. The Kier molecular flexibility index (Phi) is 3.23. The number of hydrogen-bond acceptors (Lipinski definition) is 3. The van der Waals surface area contributed by atoms with Gasteiger partial charge in [0.25, 0.3) is 0 Å². The normalized spacial score (nSPS) is 18.3. The number of alkyl halides is 3. The molecular weight excluding hydrogens is 305 g/mol. The molecule has 1 aromatic rings. The van der Waals surface area contributed by atoms with Crippen LogP contribution in [0.15, 0.2) is 23.1 Å². The zero-order valence-corrected chi connectivity index (χ0v) is 11.0. The van der Waals surface area contributed by atoms with Gasteiger partial charge in [-0.2, -0.15) is 17.9 Å². The highest BCUT2D eigenvalue weighted by atomic mass is 35.5. The van der Waals surface area contributed by atoms with Crippen LogP contribution in [0.5, 0.6) is 0 Å². The molecular formula is C10H10ClF3N2O2S. The van der Waals surface area contributed by atoms with Gasteiger partial charge in [0.1, 0.15) is 10.4 Å². The Bertz CT molecular complexity index is 612. The predicted molar refractivity (Wildman–Crippen MR) is 64.2 cm³/mol. The molecule has 0 atom stereocenters. The van der Waals surface area contributed by atoms with E-state index in [0.29, 0.717) is 0 Å². The van der Waals surface area contributed by atoms with Crippen LogP contribution < -0.4 is 10.5 Å². The molecule has 0 saturated heterocycles. The summed E-state index contributed by atoms with van der Waals surface area (Å²) in [5, 5.41) is 0.0754. The van der Waals surface area contributed by atoms with Crippen molar-refractivity contribution in [1.29, 1.82) is 0 Å². The molecule has 106 valence electrons. The molecule has 3 N–H and O–H groups in total. The van der Waals surface area contributed by atoms with Gasteiger partial charge in [0.2, 0.25) is 10.0 Å². The first kappa shape index (κ1) is 14.4. The van der Waals surface area contributed by atoms with E-state index >= 15 is 0 Å². The minimum atomic E-state index is -4.63. The molecule has 0 amide bonds. The number of rotatable bonds is 3. The molecule has 0 unspecified atom stereocenters. The highest BCUT2D eigenvalue weighted by Gasteiger charge is 2.65. The number of nitrogens with one attached hydrogen (secondary N) is 1. The van der Waals surface area contributed by atoms with E-state index in [1.807, 2.05) is 0 Å². The van der Waals surface area contributed by atoms with Gasteiger partial charge >= 0.3 is 6.18 Å². The van der Waals surface area contributed by atoms with Crippen LogP contribution in [-0.4, -0.2) is 20.1 Å². The number of nitrogens with two attached hydrogens (primary N) is 1. The van der Waals surface area contributed by atoms with E-state index in [1.54, 1.807) is 4.72 Å². The maximum Gasteiger partial charge on any atom is 0.407 e. The summed E-state index contributed by atoms with van der Waals surface area (Å²) < 4.78 is 63.8. The summed E-state index contributed by atoms with van der Waals surface area (Å²) in [7, 11) is -4.37. The van der Waals surface area contributed by atoms with E-state index in [4.69, 9.17) is 17.3 Å². The Morgan fingerprint density at radius 3 is 2.37 bits per heavy atom. The fraction of sp³-hybridized carbons (Fsp3) is 0.400. The molecule has 1 fully saturated rings. The topological polar surface area (TPSA) is 72.2 Å². The average Bonchev–Trinajstić information content (AvgIpc) is 3.01. The summed E-state index contributed by atoms with van der Waals surface area (Å²) in [5.41, 5.74) is 2.93. The number of anilines is 1. The lowest BCUT2D eigenvalue weighted by Gasteiger charge is -2.21. The van der Waals surface area contributed by atoms with Crippen molar-refractivity contribution in [2.45, 2.75) is 29.5 Å². The quantitative estimate of drug-likeness (QED) is 0.841. The molecule has 19 heavy (non-hydrogen) atoms. The molecule has 0 radical (unpaired) electrons. The molecule has 1 aliphatic rings. The molecule has 1 aromatic carbocycles. The van der Waals surface area contributed by atoms with Crippen LogP contribution in [-0.2, 0) is 10.0 Å². The molecule has 1 saturated carbocycles. The maximum absolute atomic E-state index is 12.7. The van der Waals surface area contributed by atoms with Crippen molar-refractivity contribution in [1.82, 2.24) is 4.72 Å². The van der Waals surface area contributed by atoms with Crippen LogP contribution in [0.3, 0.4) is 0 Å². The van der Waals surface area contributed by atoms with Gasteiger partial charge in [-0.05, 0) is 31.0 Å². The van der Waals surface area contributed by atoms with E-state index in [2.05, 4.69) is 0 Å². The lowest BCUT2D eigenvalue weighted by molar-refractivity contribution is -0.160. The van der Waals surface area contributed by atoms with Crippen LogP contribution in [0.4, 0.5) is 18.9 Å². The third kappa shape index (κ3) is 2.65. The van der Waals surface area contributed by atoms with Crippen molar-refractivity contribution in [2.24, 2.45) is 0 Å². The summed E-state index contributed by atoms with van der Waals surface area (Å²) in [4.78, 5) is -0.449. The van der Waals surface area contributed by atoms with Gasteiger partial charge in [0.15, 0.2) is 0 Å². The summed E-state index contributed by atoms with van der Waals surface area (Å²) in [5.74, 6) is 0. The summed E-state index contributed by atoms with van der Waals surface area (Å²) >= 11 is 5.63. The Morgan fingerprint density at radius 1 is 1.32 bits per heavy atom. The third-order valence-corrected chi connectivity index (χ3v) is 4.71. The second-order valence-electron chi connectivity index (χ2n) is 4.37. The first-order valence-corrected chi connectivity index (χ1v) is 7.09. The van der Waals surface area contributed by atoms with Gasteiger partial charge in [0.05, 0.1) is 5.69 Å². The van der Waals surface area contributed by atoms with Crippen LogP contribution in [0.2, 0.25) is 5.02 Å². The number of halogens is 4. The van der Waals surface area contributed by atoms with Crippen molar-refractivity contribution in [3.63, 3.8) is 0 Å². The standard InChI is InChI=1S/C10H10ClF3N2O2S/c11-6-1-2-7(15)8(5-6)19(17,18)16-9(3-4-9)10(12,13)14/h1-2,5,16H,3-4,15H2. The van der Waals surface area contributed by atoms with Gasteiger partial charge < -0.3 is 5.73 Å². The SMILES string of the molecule is Nc1ccc(Cl)cc1S(=O)(=O)NC1(C(F)(F)F)CC1. The highest BCUT2D eigenvalue weighted by Crippen LogP contribution is 2.49. The zero-order valence-electron chi connectivity index (χ0n) is 9.46. The van der Waals surface area contributed by atoms with Crippen LogP contribution >= 0.6 is 11.6 Å². The van der Waals surface area contributed by atoms with E-state index in [0.717, 1.165) is 6.07 Å². The molecule has 0 aromatic heterocycles. The maximum atomic E-state index is 12.7. The Hall–Kier alpha value is -0.990. The van der Waals surface area contributed by atoms with Gasteiger partial charge in [-0.25, -0.2) is 8.42 Å². The van der Waals surface area contributed by atoms with Crippen LogP contribution in [0, 0.1) is 0 Å². The average molecular weight is 315 g/mol. The largest absolute Gasteiger partial charge is 0.407 e. The molecule has 4 nitrogen and oxygen atoms in total. The van der Waals surface area contributed by atoms with E-state index in [1.165, 1.54) is 12.1 Å².